The van der Waals surface area contributed by atoms with Gasteiger partial charge in [-0.05, 0) is 18.8 Å². The molecule has 4 N–H and O–H groups in total. The van der Waals surface area contributed by atoms with E-state index in [4.69, 9.17) is 10.8 Å². The van der Waals surface area contributed by atoms with Gasteiger partial charge in [-0.25, -0.2) is 4.79 Å². The van der Waals surface area contributed by atoms with Crippen LogP contribution in [0.25, 0.3) is 0 Å². The molecule has 1 unspecified atom stereocenters. The fraction of sp³-hybridized carbons (Fsp3) is 0.818. The van der Waals surface area contributed by atoms with E-state index >= 15 is 0 Å². The van der Waals surface area contributed by atoms with Crippen molar-refractivity contribution in [3.8, 4) is 0 Å². The zero-order valence-electron chi connectivity index (χ0n) is 10.2. The van der Waals surface area contributed by atoms with E-state index in [1.807, 2.05) is 20.8 Å². The van der Waals surface area contributed by atoms with Crippen molar-refractivity contribution >= 4 is 11.9 Å². The number of hydrogen-bond donors (Lipinski definition) is 3. The lowest BCUT2D eigenvalue weighted by molar-refractivity contribution is -0.142. The standard InChI is InChI=1S/C11H22N2O3/c1-4-5-9(11(15)16)13-10(14)8(12)6-7(2)3/h7-9H,4-6,12H2,1-3H3,(H,13,14)(H,15,16)/t8?,9-/m0/s1. The highest BCUT2D eigenvalue weighted by Crippen LogP contribution is 2.04. The van der Waals surface area contributed by atoms with Crippen LogP contribution >= 0.6 is 0 Å². The number of carbonyl (C=O) groups excluding carboxylic acids is 1. The van der Waals surface area contributed by atoms with Gasteiger partial charge >= 0.3 is 5.97 Å². The van der Waals surface area contributed by atoms with Crippen LogP contribution in [0.5, 0.6) is 0 Å². The molecule has 0 aliphatic carbocycles. The summed E-state index contributed by atoms with van der Waals surface area (Å²) in [5.41, 5.74) is 5.66. The van der Waals surface area contributed by atoms with E-state index < -0.39 is 18.1 Å². The normalized spacial score (nSPS) is 14.6. The Morgan fingerprint density at radius 2 is 1.94 bits per heavy atom. The Morgan fingerprint density at radius 1 is 1.38 bits per heavy atom. The first-order valence-corrected chi connectivity index (χ1v) is 5.67. The van der Waals surface area contributed by atoms with Gasteiger partial charge < -0.3 is 16.2 Å². The number of amides is 1. The fourth-order valence-electron chi connectivity index (χ4n) is 1.44. The van der Waals surface area contributed by atoms with Crippen molar-refractivity contribution in [1.82, 2.24) is 5.32 Å². The summed E-state index contributed by atoms with van der Waals surface area (Å²) < 4.78 is 0. The molecule has 0 fully saturated rings. The smallest absolute Gasteiger partial charge is 0.326 e. The first-order valence-electron chi connectivity index (χ1n) is 5.67. The molecule has 0 spiro atoms. The molecule has 0 radical (unpaired) electrons. The zero-order chi connectivity index (χ0) is 12.7. The summed E-state index contributed by atoms with van der Waals surface area (Å²) in [6, 6.07) is -1.45. The summed E-state index contributed by atoms with van der Waals surface area (Å²) in [4.78, 5) is 22.4. The quantitative estimate of drug-likeness (QED) is 0.601. The molecule has 0 aromatic carbocycles. The van der Waals surface area contributed by atoms with Gasteiger partial charge in [0, 0.05) is 0 Å². The number of nitrogens with one attached hydrogen (secondary N) is 1. The average Bonchev–Trinajstić information content (AvgIpc) is 2.15. The van der Waals surface area contributed by atoms with E-state index in [-0.39, 0.29) is 5.91 Å². The van der Waals surface area contributed by atoms with Crippen molar-refractivity contribution in [1.29, 1.82) is 0 Å². The highest BCUT2D eigenvalue weighted by atomic mass is 16.4. The Labute approximate surface area is 96.4 Å². The van der Waals surface area contributed by atoms with E-state index in [9.17, 15) is 9.59 Å². The molecule has 94 valence electrons. The lowest BCUT2D eigenvalue weighted by Gasteiger charge is -2.18. The molecule has 0 aliphatic heterocycles. The summed E-state index contributed by atoms with van der Waals surface area (Å²) in [5.74, 6) is -1.07. The zero-order valence-corrected chi connectivity index (χ0v) is 10.2. The SMILES string of the molecule is CCC[C@H](NC(=O)C(N)CC(C)C)C(=O)O. The van der Waals surface area contributed by atoms with Crippen LogP contribution in [-0.2, 0) is 9.59 Å². The lowest BCUT2D eigenvalue weighted by Crippen LogP contribution is -2.48. The van der Waals surface area contributed by atoms with E-state index in [2.05, 4.69) is 5.32 Å². The topological polar surface area (TPSA) is 92.4 Å². The molecule has 0 aromatic rings. The molecule has 0 saturated carbocycles. The van der Waals surface area contributed by atoms with Crippen LogP contribution in [0.1, 0.15) is 40.0 Å². The molecule has 2 atom stereocenters. The van der Waals surface area contributed by atoms with Gasteiger partial charge in [-0.1, -0.05) is 27.2 Å². The number of nitrogens with two attached hydrogens (primary N) is 1. The summed E-state index contributed by atoms with van der Waals surface area (Å²) in [7, 11) is 0. The molecule has 0 aliphatic rings. The molecular weight excluding hydrogens is 208 g/mol. The van der Waals surface area contributed by atoms with Crippen molar-refractivity contribution in [3.05, 3.63) is 0 Å². The van der Waals surface area contributed by atoms with Crippen LogP contribution < -0.4 is 11.1 Å². The average molecular weight is 230 g/mol. The molecular formula is C11H22N2O3. The Bertz CT molecular complexity index is 241. The third kappa shape index (κ3) is 5.70. The summed E-state index contributed by atoms with van der Waals surface area (Å²) in [5, 5.41) is 11.3. The second-order valence-electron chi connectivity index (χ2n) is 4.42. The highest BCUT2D eigenvalue weighted by molar-refractivity contribution is 5.86. The van der Waals surface area contributed by atoms with E-state index in [1.54, 1.807) is 0 Å². The Morgan fingerprint density at radius 3 is 2.31 bits per heavy atom. The lowest BCUT2D eigenvalue weighted by atomic mass is 10.0. The number of carboxylic acid groups (broad SMARTS) is 1. The summed E-state index contributed by atoms with van der Waals surface area (Å²) in [6.07, 6.45) is 1.69. The van der Waals surface area contributed by atoms with Crippen LogP contribution in [-0.4, -0.2) is 29.1 Å². The number of carbonyl (C=O) groups is 2. The molecule has 0 saturated heterocycles. The maximum atomic E-state index is 11.6. The minimum Gasteiger partial charge on any atom is -0.480 e. The van der Waals surface area contributed by atoms with Crippen molar-refractivity contribution in [2.45, 2.75) is 52.1 Å². The monoisotopic (exact) mass is 230 g/mol. The number of aliphatic carboxylic acids is 1. The number of hydrogen-bond acceptors (Lipinski definition) is 3. The van der Waals surface area contributed by atoms with E-state index in [0.29, 0.717) is 25.2 Å². The first kappa shape index (κ1) is 14.9. The minimum absolute atomic E-state index is 0.315. The van der Waals surface area contributed by atoms with Gasteiger partial charge in [-0.2, -0.15) is 0 Å². The predicted molar refractivity (Wildman–Crippen MR) is 61.9 cm³/mol. The maximum absolute atomic E-state index is 11.6. The van der Waals surface area contributed by atoms with Crippen LogP contribution in [0, 0.1) is 5.92 Å². The molecule has 5 heteroatoms. The maximum Gasteiger partial charge on any atom is 0.326 e. The van der Waals surface area contributed by atoms with Crippen LogP contribution in [0.4, 0.5) is 0 Å². The largest absolute Gasteiger partial charge is 0.480 e. The molecule has 0 bridgehead atoms. The summed E-state index contributed by atoms with van der Waals surface area (Å²) in [6.45, 7) is 5.80. The Balaban J connectivity index is 4.23. The van der Waals surface area contributed by atoms with Gasteiger partial charge in [0.15, 0.2) is 0 Å². The van der Waals surface area contributed by atoms with Gasteiger partial charge in [0.25, 0.3) is 0 Å². The Hall–Kier alpha value is -1.10. The number of rotatable bonds is 7. The predicted octanol–water partition coefficient (Wildman–Crippen LogP) is 0.729. The molecule has 0 rings (SSSR count). The molecule has 0 heterocycles. The van der Waals surface area contributed by atoms with E-state index in [0.717, 1.165) is 0 Å². The minimum atomic E-state index is -1.01. The molecule has 0 aromatic heterocycles. The van der Waals surface area contributed by atoms with E-state index in [1.165, 1.54) is 0 Å². The van der Waals surface area contributed by atoms with Gasteiger partial charge in [-0.15, -0.1) is 0 Å². The summed E-state index contributed by atoms with van der Waals surface area (Å²) >= 11 is 0. The van der Waals surface area contributed by atoms with Crippen LogP contribution in [0.3, 0.4) is 0 Å². The molecule has 5 nitrogen and oxygen atoms in total. The fourth-order valence-corrected chi connectivity index (χ4v) is 1.44. The second-order valence-corrected chi connectivity index (χ2v) is 4.42. The molecule has 1 amide bonds. The van der Waals surface area contributed by atoms with Crippen molar-refractivity contribution in [2.24, 2.45) is 11.7 Å². The third-order valence-electron chi connectivity index (χ3n) is 2.25. The van der Waals surface area contributed by atoms with Crippen molar-refractivity contribution in [2.75, 3.05) is 0 Å². The van der Waals surface area contributed by atoms with Gasteiger partial charge in [0.1, 0.15) is 6.04 Å². The van der Waals surface area contributed by atoms with Gasteiger partial charge in [0.05, 0.1) is 6.04 Å². The van der Waals surface area contributed by atoms with Crippen molar-refractivity contribution < 1.29 is 14.7 Å². The first-order chi connectivity index (χ1) is 7.38. The molecule has 16 heavy (non-hydrogen) atoms. The Kier molecular flexibility index (Phi) is 6.72. The van der Waals surface area contributed by atoms with Gasteiger partial charge in [-0.3, -0.25) is 4.79 Å². The number of carboxylic acids is 1. The van der Waals surface area contributed by atoms with Crippen LogP contribution in [0.2, 0.25) is 0 Å². The second kappa shape index (κ2) is 7.22. The van der Waals surface area contributed by atoms with Gasteiger partial charge in [0.2, 0.25) is 5.91 Å². The van der Waals surface area contributed by atoms with Crippen molar-refractivity contribution in [3.63, 3.8) is 0 Å². The third-order valence-corrected chi connectivity index (χ3v) is 2.25. The van der Waals surface area contributed by atoms with Crippen LogP contribution in [0.15, 0.2) is 0 Å². The highest BCUT2D eigenvalue weighted by Gasteiger charge is 2.22.